The van der Waals surface area contributed by atoms with E-state index in [1.807, 2.05) is 12.1 Å². The maximum atomic E-state index is 5.62. The van der Waals surface area contributed by atoms with Crippen LogP contribution in [0.15, 0.2) is 54.7 Å². The predicted molar refractivity (Wildman–Crippen MR) is 105 cm³/mol. The van der Waals surface area contributed by atoms with E-state index in [1.165, 1.54) is 22.8 Å². The van der Waals surface area contributed by atoms with Gasteiger partial charge in [0.15, 0.2) is 5.82 Å². The zero-order valence-corrected chi connectivity index (χ0v) is 15.1. The summed E-state index contributed by atoms with van der Waals surface area (Å²) in [4.78, 5) is 2.31. The molecule has 0 amide bonds. The van der Waals surface area contributed by atoms with Crippen LogP contribution in [0.2, 0.25) is 0 Å². The number of hydrogen-bond donors (Lipinski definition) is 1. The first-order chi connectivity index (χ1) is 12.8. The first-order valence-electron chi connectivity index (χ1n) is 9.16. The van der Waals surface area contributed by atoms with Crippen LogP contribution in [-0.2, 0) is 6.54 Å². The van der Waals surface area contributed by atoms with Gasteiger partial charge >= 0.3 is 0 Å². The molecule has 2 aromatic carbocycles. The average Bonchev–Trinajstić information content (AvgIpc) is 2.72. The number of fused-ring (bicyclic) bond motifs is 1. The topological polar surface area (TPSA) is 50.3 Å². The van der Waals surface area contributed by atoms with Crippen LogP contribution in [0.4, 0.5) is 5.82 Å². The van der Waals surface area contributed by atoms with E-state index in [-0.39, 0.29) is 0 Å². The van der Waals surface area contributed by atoms with Crippen molar-refractivity contribution >= 4 is 16.6 Å². The van der Waals surface area contributed by atoms with Crippen molar-refractivity contribution in [2.45, 2.75) is 25.4 Å². The minimum Gasteiger partial charge on any atom is -0.496 e. The molecule has 0 saturated carbocycles. The summed E-state index contributed by atoms with van der Waals surface area (Å²) in [6.07, 6.45) is 4.04. The van der Waals surface area contributed by atoms with Crippen molar-refractivity contribution in [3.05, 3.63) is 60.3 Å². The highest BCUT2D eigenvalue weighted by molar-refractivity contribution is 5.87. The Morgan fingerprint density at radius 3 is 2.92 bits per heavy atom. The highest BCUT2D eigenvalue weighted by atomic mass is 16.5. The highest BCUT2D eigenvalue weighted by Crippen LogP contribution is 2.28. The molecule has 26 heavy (non-hydrogen) atoms. The van der Waals surface area contributed by atoms with Gasteiger partial charge < -0.3 is 15.0 Å². The summed E-state index contributed by atoms with van der Waals surface area (Å²) in [5.74, 6) is 1.90. The van der Waals surface area contributed by atoms with Crippen molar-refractivity contribution in [2.75, 3.05) is 25.1 Å². The molecule has 0 radical (unpaired) electrons. The van der Waals surface area contributed by atoms with Gasteiger partial charge in [-0.25, -0.2) is 0 Å². The van der Waals surface area contributed by atoms with Crippen LogP contribution in [0.5, 0.6) is 5.75 Å². The number of aromatic nitrogens is 2. The Morgan fingerprint density at radius 1 is 1.15 bits per heavy atom. The van der Waals surface area contributed by atoms with Crippen LogP contribution >= 0.6 is 0 Å². The lowest BCUT2D eigenvalue weighted by molar-refractivity contribution is 0.395. The molecule has 1 atom stereocenters. The van der Waals surface area contributed by atoms with Crippen molar-refractivity contribution in [3.8, 4) is 5.75 Å². The molecule has 1 saturated heterocycles. The second-order valence-corrected chi connectivity index (χ2v) is 6.72. The van der Waals surface area contributed by atoms with Gasteiger partial charge in [0.2, 0.25) is 0 Å². The molecule has 1 N–H and O–H groups in total. The lowest BCUT2D eigenvalue weighted by atomic mass is 10.0. The fourth-order valence-electron chi connectivity index (χ4n) is 3.75. The molecule has 0 spiro atoms. The zero-order chi connectivity index (χ0) is 17.8. The van der Waals surface area contributed by atoms with E-state index in [0.717, 1.165) is 37.6 Å². The third-order valence-electron chi connectivity index (χ3n) is 5.09. The molecule has 134 valence electrons. The van der Waals surface area contributed by atoms with Gasteiger partial charge in [0.1, 0.15) is 5.75 Å². The fraction of sp³-hybridized carbons (Fsp3) is 0.333. The Bertz CT molecular complexity index is 868. The van der Waals surface area contributed by atoms with E-state index in [4.69, 9.17) is 4.74 Å². The molecule has 5 heteroatoms. The van der Waals surface area contributed by atoms with Crippen LogP contribution in [0.1, 0.15) is 18.4 Å². The number of nitrogens with zero attached hydrogens (tertiary/aromatic N) is 3. The summed E-state index contributed by atoms with van der Waals surface area (Å²) in [7, 11) is 1.74. The third-order valence-corrected chi connectivity index (χ3v) is 5.09. The maximum absolute atomic E-state index is 5.62. The van der Waals surface area contributed by atoms with Gasteiger partial charge in [0.05, 0.1) is 7.11 Å². The molecule has 5 nitrogen and oxygen atoms in total. The van der Waals surface area contributed by atoms with Crippen molar-refractivity contribution in [1.82, 2.24) is 15.5 Å². The molecule has 1 aliphatic heterocycles. The van der Waals surface area contributed by atoms with E-state index in [2.05, 4.69) is 56.8 Å². The van der Waals surface area contributed by atoms with Crippen LogP contribution < -0.4 is 15.0 Å². The number of methoxy groups -OCH3 is 1. The number of benzene rings is 2. The molecule has 0 bridgehead atoms. The predicted octanol–water partition coefficient (Wildman–Crippen LogP) is 3.40. The third kappa shape index (κ3) is 3.48. The molecule has 1 fully saturated rings. The molecule has 1 unspecified atom stereocenters. The number of rotatable bonds is 5. The summed E-state index contributed by atoms with van der Waals surface area (Å²) in [5.41, 5.74) is 1.22. The highest BCUT2D eigenvalue weighted by Gasteiger charge is 2.21. The van der Waals surface area contributed by atoms with Gasteiger partial charge in [-0.05, 0) is 41.8 Å². The standard InChI is InChI=1S/C21H24N4O/c1-26-20-11-10-16-6-2-3-8-18(16)19(20)14-22-17-7-5-13-25(15-17)21-9-4-12-23-24-21/h2-4,6,8-12,17,22H,5,7,13-15H2,1H3. The number of hydrogen-bond acceptors (Lipinski definition) is 5. The smallest absolute Gasteiger partial charge is 0.151 e. The van der Waals surface area contributed by atoms with Crippen LogP contribution in [0.3, 0.4) is 0 Å². The van der Waals surface area contributed by atoms with E-state index in [1.54, 1.807) is 13.3 Å². The van der Waals surface area contributed by atoms with Gasteiger partial charge in [-0.15, -0.1) is 5.10 Å². The van der Waals surface area contributed by atoms with Crippen molar-refractivity contribution in [3.63, 3.8) is 0 Å². The monoisotopic (exact) mass is 348 g/mol. The molecule has 4 rings (SSSR count). The summed E-state index contributed by atoms with van der Waals surface area (Å²) in [6.45, 7) is 2.78. The summed E-state index contributed by atoms with van der Waals surface area (Å²) in [5, 5.41) is 14.5. The maximum Gasteiger partial charge on any atom is 0.151 e. The first-order valence-corrected chi connectivity index (χ1v) is 9.16. The van der Waals surface area contributed by atoms with E-state index < -0.39 is 0 Å². The lowest BCUT2D eigenvalue weighted by Gasteiger charge is -2.34. The first kappa shape index (κ1) is 16.8. The second kappa shape index (κ2) is 7.70. The fourth-order valence-corrected chi connectivity index (χ4v) is 3.75. The summed E-state index contributed by atoms with van der Waals surface area (Å²) in [6, 6.07) is 17.1. The van der Waals surface area contributed by atoms with Crippen LogP contribution in [0, 0.1) is 0 Å². The van der Waals surface area contributed by atoms with Gasteiger partial charge in [-0.1, -0.05) is 30.3 Å². The largest absolute Gasteiger partial charge is 0.496 e. The van der Waals surface area contributed by atoms with Crippen LogP contribution in [-0.4, -0.2) is 36.4 Å². The Hall–Kier alpha value is -2.66. The van der Waals surface area contributed by atoms with Crippen molar-refractivity contribution < 1.29 is 4.74 Å². The van der Waals surface area contributed by atoms with Gasteiger partial charge in [-0.3, -0.25) is 0 Å². The van der Waals surface area contributed by atoms with Crippen molar-refractivity contribution in [2.24, 2.45) is 0 Å². The number of nitrogens with one attached hydrogen (secondary N) is 1. The van der Waals surface area contributed by atoms with Gasteiger partial charge in [0, 0.05) is 37.4 Å². The average molecular weight is 348 g/mol. The van der Waals surface area contributed by atoms with E-state index in [9.17, 15) is 0 Å². The zero-order valence-electron chi connectivity index (χ0n) is 15.1. The van der Waals surface area contributed by atoms with Gasteiger partial charge in [0.25, 0.3) is 0 Å². The molecule has 1 aromatic heterocycles. The second-order valence-electron chi connectivity index (χ2n) is 6.72. The SMILES string of the molecule is COc1ccc2ccccc2c1CNC1CCCN(c2cccnn2)C1. The molecular weight excluding hydrogens is 324 g/mol. The summed E-state index contributed by atoms with van der Waals surface area (Å²) < 4.78 is 5.62. The lowest BCUT2D eigenvalue weighted by Crippen LogP contribution is -2.45. The van der Waals surface area contributed by atoms with E-state index in [0.29, 0.717) is 6.04 Å². The number of piperidine rings is 1. The normalized spacial score (nSPS) is 17.4. The Labute approximate surface area is 154 Å². The molecule has 1 aliphatic rings. The molecule has 0 aliphatic carbocycles. The van der Waals surface area contributed by atoms with Gasteiger partial charge in [-0.2, -0.15) is 5.10 Å². The number of ether oxygens (including phenoxy) is 1. The quantitative estimate of drug-likeness (QED) is 0.766. The Balaban J connectivity index is 1.49. The van der Waals surface area contributed by atoms with Crippen molar-refractivity contribution in [1.29, 1.82) is 0 Å². The minimum absolute atomic E-state index is 0.425. The Morgan fingerprint density at radius 2 is 2.08 bits per heavy atom. The molecular formula is C21H24N4O. The van der Waals surface area contributed by atoms with Crippen LogP contribution in [0.25, 0.3) is 10.8 Å². The molecule has 3 aromatic rings. The summed E-state index contributed by atoms with van der Waals surface area (Å²) >= 11 is 0. The molecule has 2 heterocycles. The number of anilines is 1. The van der Waals surface area contributed by atoms with E-state index >= 15 is 0 Å². The minimum atomic E-state index is 0.425. The Kier molecular flexibility index (Phi) is 4.97.